The topological polar surface area (TPSA) is 64.8 Å². The molecule has 2 atom stereocenters. The second-order valence-electron chi connectivity index (χ2n) is 6.99. The summed E-state index contributed by atoms with van der Waals surface area (Å²) < 4.78 is 11.0. The SMILES string of the molecule is COc1cccc([C@H]2CN(C(=O)CCCOCc3ccccc3)C[C@@H]2N)c1. The first kappa shape index (κ1) is 19.4. The highest BCUT2D eigenvalue weighted by atomic mass is 16.5. The highest BCUT2D eigenvalue weighted by Gasteiger charge is 2.33. The molecule has 1 amide bonds. The fourth-order valence-corrected chi connectivity index (χ4v) is 3.51. The second kappa shape index (κ2) is 9.53. The van der Waals surface area contributed by atoms with Gasteiger partial charge in [0, 0.05) is 38.1 Å². The largest absolute Gasteiger partial charge is 0.497 e. The number of hydrogen-bond acceptors (Lipinski definition) is 4. The molecule has 0 bridgehead atoms. The van der Waals surface area contributed by atoms with Gasteiger partial charge >= 0.3 is 0 Å². The van der Waals surface area contributed by atoms with E-state index < -0.39 is 0 Å². The number of nitrogens with two attached hydrogens (primary N) is 1. The predicted molar refractivity (Wildman–Crippen MR) is 106 cm³/mol. The van der Waals surface area contributed by atoms with Crippen LogP contribution in [0.5, 0.6) is 5.75 Å². The number of methoxy groups -OCH3 is 1. The number of ether oxygens (including phenoxy) is 2. The number of hydrogen-bond donors (Lipinski definition) is 1. The Morgan fingerprint density at radius 1 is 1.15 bits per heavy atom. The minimum Gasteiger partial charge on any atom is -0.497 e. The lowest BCUT2D eigenvalue weighted by atomic mass is 9.95. The van der Waals surface area contributed by atoms with Crippen molar-refractivity contribution in [3.8, 4) is 5.75 Å². The van der Waals surface area contributed by atoms with Gasteiger partial charge in [-0.2, -0.15) is 0 Å². The maximum Gasteiger partial charge on any atom is 0.222 e. The van der Waals surface area contributed by atoms with Crippen LogP contribution in [0.15, 0.2) is 54.6 Å². The van der Waals surface area contributed by atoms with Crippen molar-refractivity contribution in [2.75, 3.05) is 26.8 Å². The van der Waals surface area contributed by atoms with E-state index in [1.807, 2.05) is 53.4 Å². The molecule has 0 aromatic heterocycles. The highest BCUT2D eigenvalue weighted by molar-refractivity contribution is 5.76. The Bertz CT molecular complexity index is 735. The van der Waals surface area contributed by atoms with Crippen molar-refractivity contribution in [3.63, 3.8) is 0 Å². The van der Waals surface area contributed by atoms with Crippen LogP contribution in [-0.2, 0) is 16.1 Å². The van der Waals surface area contributed by atoms with Crippen molar-refractivity contribution in [2.24, 2.45) is 5.73 Å². The van der Waals surface area contributed by atoms with Gasteiger partial charge in [0.15, 0.2) is 0 Å². The maximum atomic E-state index is 12.5. The molecular formula is C22H28N2O3. The predicted octanol–water partition coefficient (Wildman–Crippen LogP) is 2.95. The van der Waals surface area contributed by atoms with Crippen molar-refractivity contribution < 1.29 is 14.3 Å². The molecule has 0 spiro atoms. The van der Waals surface area contributed by atoms with Crippen LogP contribution in [0.1, 0.15) is 29.9 Å². The summed E-state index contributed by atoms with van der Waals surface area (Å²) in [6.07, 6.45) is 1.22. The van der Waals surface area contributed by atoms with E-state index in [1.165, 1.54) is 0 Å². The average molecular weight is 368 g/mol. The molecule has 5 nitrogen and oxygen atoms in total. The number of amides is 1. The quantitative estimate of drug-likeness (QED) is 0.728. The molecule has 2 aromatic rings. The summed E-state index contributed by atoms with van der Waals surface area (Å²) >= 11 is 0. The molecular weight excluding hydrogens is 340 g/mol. The third-order valence-corrected chi connectivity index (χ3v) is 5.03. The van der Waals surface area contributed by atoms with Gasteiger partial charge in [-0.3, -0.25) is 4.79 Å². The van der Waals surface area contributed by atoms with Crippen molar-refractivity contribution in [1.29, 1.82) is 0 Å². The van der Waals surface area contributed by atoms with E-state index in [1.54, 1.807) is 7.11 Å². The molecule has 0 unspecified atom stereocenters. The Morgan fingerprint density at radius 2 is 1.96 bits per heavy atom. The van der Waals surface area contributed by atoms with Gasteiger partial charge in [-0.25, -0.2) is 0 Å². The first-order chi connectivity index (χ1) is 13.2. The molecule has 0 aliphatic carbocycles. The van der Waals surface area contributed by atoms with Gasteiger partial charge in [-0.05, 0) is 29.7 Å². The molecule has 0 radical (unpaired) electrons. The molecule has 2 N–H and O–H groups in total. The molecule has 1 heterocycles. The number of carbonyl (C=O) groups is 1. The highest BCUT2D eigenvalue weighted by Crippen LogP contribution is 2.29. The minimum absolute atomic E-state index is 0.0459. The summed E-state index contributed by atoms with van der Waals surface area (Å²) in [4.78, 5) is 14.4. The summed E-state index contributed by atoms with van der Waals surface area (Å²) in [5.41, 5.74) is 8.59. The zero-order valence-corrected chi connectivity index (χ0v) is 15.8. The van der Waals surface area contributed by atoms with Crippen LogP contribution in [-0.4, -0.2) is 43.7 Å². The first-order valence-electron chi connectivity index (χ1n) is 9.46. The standard InChI is InChI=1S/C22H28N2O3/c1-26-19-10-5-9-18(13-19)20-14-24(15-21(20)23)22(25)11-6-12-27-16-17-7-3-2-4-8-17/h2-5,7-10,13,20-21H,6,11-12,14-16,23H2,1H3/t20-,21+/m1/s1. The van der Waals surface area contributed by atoms with Gasteiger partial charge in [0.2, 0.25) is 5.91 Å². The lowest BCUT2D eigenvalue weighted by molar-refractivity contribution is -0.130. The molecule has 2 aromatic carbocycles. The Labute approximate surface area is 161 Å². The van der Waals surface area contributed by atoms with Gasteiger partial charge in [-0.1, -0.05) is 42.5 Å². The normalized spacial score (nSPS) is 19.3. The Hall–Kier alpha value is -2.37. The van der Waals surface area contributed by atoms with Gasteiger partial charge in [0.1, 0.15) is 5.75 Å². The number of likely N-dealkylation sites (tertiary alicyclic amines) is 1. The summed E-state index contributed by atoms with van der Waals surface area (Å²) in [6, 6.07) is 18.0. The first-order valence-corrected chi connectivity index (χ1v) is 9.46. The number of benzene rings is 2. The Kier molecular flexibility index (Phi) is 6.85. The molecule has 1 aliphatic heterocycles. The van der Waals surface area contributed by atoms with E-state index in [4.69, 9.17) is 15.2 Å². The van der Waals surface area contributed by atoms with Crippen LogP contribution in [0, 0.1) is 0 Å². The van der Waals surface area contributed by atoms with Crippen LogP contribution in [0.25, 0.3) is 0 Å². The minimum atomic E-state index is -0.0459. The monoisotopic (exact) mass is 368 g/mol. The molecule has 27 heavy (non-hydrogen) atoms. The molecule has 0 saturated carbocycles. The van der Waals surface area contributed by atoms with Crippen molar-refractivity contribution in [2.45, 2.75) is 31.4 Å². The van der Waals surface area contributed by atoms with Crippen LogP contribution < -0.4 is 10.5 Å². The third kappa shape index (κ3) is 5.31. The number of nitrogens with zero attached hydrogens (tertiary/aromatic N) is 1. The summed E-state index contributed by atoms with van der Waals surface area (Å²) in [6.45, 7) is 2.44. The molecule has 3 rings (SSSR count). The van der Waals surface area contributed by atoms with Gasteiger partial charge < -0.3 is 20.1 Å². The van der Waals surface area contributed by atoms with Crippen LogP contribution in [0.3, 0.4) is 0 Å². The molecule has 1 aliphatic rings. The Morgan fingerprint density at radius 3 is 2.74 bits per heavy atom. The summed E-state index contributed by atoms with van der Waals surface area (Å²) in [7, 11) is 1.66. The van der Waals surface area contributed by atoms with E-state index in [2.05, 4.69) is 6.07 Å². The maximum absolute atomic E-state index is 12.5. The van der Waals surface area contributed by atoms with Gasteiger partial charge in [0.25, 0.3) is 0 Å². The summed E-state index contributed by atoms with van der Waals surface area (Å²) in [5, 5.41) is 0. The Balaban J connectivity index is 1.42. The fourth-order valence-electron chi connectivity index (χ4n) is 3.51. The molecule has 1 saturated heterocycles. The van der Waals surface area contributed by atoms with Gasteiger partial charge in [-0.15, -0.1) is 0 Å². The fraction of sp³-hybridized carbons (Fsp3) is 0.409. The van der Waals surface area contributed by atoms with Crippen molar-refractivity contribution >= 4 is 5.91 Å². The van der Waals surface area contributed by atoms with E-state index >= 15 is 0 Å². The molecule has 144 valence electrons. The lowest BCUT2D eigenvalue weighted by Gasteiger charge is -2.17. The zero-order chi connectivity index (χ0) is 19.1. The van der Waals surface area contributed by atoms with Crippen LogP contribution in [0.4, 0.5) is 0 Å². The van der Waals surface area contributed by atoms with E-state index in [9.17, 15) is 4.79 Å². The van der Waals surface area contributed by atoms with E-state index in [0.29, 0.717) is 32.7 Å². The van der Waals surface area contributed by atoms with Crippen molar-refractivity contribution in [3.05, 3.63) is 65.7 Å². The van der Waals surface area contributed by atoms with Crippen LogP contribution in [0.2, 0.25) is 0 Å². The smallest absolute Gasteiger partial charge is 0.222 e. The summed E-state index contributed by atoms with van der Waals surface area (Å²) in [5.74, 6) is 1.12. The van der Waals surface area contributed by atoms with Gasteiger partial charge in [0.05, 0.1) is 13.7 Å². The van der Waals surface area contributed by atoms with E-state index in [0.717, 1.165) is 23.3 Å². The van der Waals surface area contributed by atoms with Crippen LogP contribution >= 0.6 is 0 Å². The molecule has 5 heteroatoms. The average Bonchev–Trinajstić information content (AvgIpc) is 3.10. The second-order valence-corrected chi connectivity index (χ2v) is 6.99. The number of rotatable bonds is 8. The van der Waals surface area contributed by atoms with E-state index in [-0.39, 0.29) is 17.9 Å². The number of carbonyl (C=O) groups excluding carboxylic acids is 1. The van der Waals surface area contributed by atoms with Crippen molar-refractivity contribution in [1.82, 2.24) is 4.90 Å². The zero-order valence-electron chi connectivity index (χ0n) is 15.8. The molecule has 1 fully saturated rings. The lowest BCUT2D eigenvalue weighted by Crippen LogP contribution is -2.32. The third-order valence-electron chi connectivity index (χ3n) is 5.03.